The molecule has 0 heterocycles. The highest BCUT2D eigenvalue weighted by atomic mass is 31.2. The number of rotatable bonds is 40. The first-order valence-electron chi connectivity index (χ1n) is 21.7. The summed E-state index contributed by atoms with van der Waals surface area (Å²) in [6, 6.07) is -1.53. The van der Waals surface area contributed by atoms with Crippen molar-refractivity contribution in [3.63, 3.8) is 0 Å². The normalized spacial score (nSPS) is 14.2. The molecule has 324 valence electrons. The lowest BCUT2D eigenvalue weighted by molar-refractivity contribution is -0.161. The van der Waals surface area contributed by atoms with Crippen molar-refractivity contribution in [3.8, 4) is 0 Å². The monoisotopic (exact) mass is 812 g/mol. The molecule has 0 aromatic carbocycles. The number of unbranched alkanes of at least 4 members (excludes halogenated alkanes) is 18. The van der Waals surface area contributed by atoms with Gasteiger partial charge in [0, 0.05) is 12.8 Å². The SMILES string of the molecule is CCCCCCCC/C=C/C/C=C/C/C=C/CCCC(=O)OC[C@H](COP(=O)(O)OC[C@H](N)C(=O)O)OC(=O)CCCCCCC/C=C/CCCCCCCC. The van der Waals surface area contributed by atoms with Crippen molar-refractivity contribution in [2.75, 3.05) is 19.8 Å². The van der Waals surface area contributed by atoms with Crippen LogP contribution in [0.1, 0.15) is 181 Å². The van der Waals surface area contributed by atoms with E-state index in [0.29, 0.717) is 19.3 Å². The van der Waals surface area contributed by atoms with Crippen LogP contribution in [0.4, 0.5) is 0 Å². The van der Waals surface area contributed by atoms with Gasteiger partial charge in [0.05, 0.1) is 13.2 Å². The van der Waals surface area contributed by atoms with Crippen LogP contribution in [0, 0.1) is 0 Å². The summed E-state index contributed by atoms with van der Waals surface area (Å²) >= 11 is 0. The molecule has 0 amide bonds. The maximum absolute atomic E-state index is 12.6. The Morgan fingerprint density at radius 1 is 0.554 bits per heavy atom. The molecule has 0 aliphatic heterocycles. The minimum atomic E-state index is -4.73. The van der Waals surface area contributed by atoms with Gasteiger partial charge in [-0.2, -0.15) is 0 Å². The number of carbonyl (C=O) groups excluding carboxylic acids is 2. The van der Waals surface area contributed by atoms with Crippen LogP contribution in [0.15, 0.2) is 48.6 Å². The third-order valence-corrected chi connectivity index (χ3v) is 10.0. The Kier molecular flexibility index (Phi) is 37.5. The topological polar surface area (TPSA) is 172 Å². The summed E-state index contributed by atoms with van der Waals surface area (Å²) in [5, 5.41) is 8.88. The largest absolute Gasteiger partial charge is 0.480 e. The van der Waals surface area contributed by atoms with E-state index in [1.165, 1.54) is 77.0 Å². The molecule has 0 rings (SSSR count). The van der Waals surface area contributed by atoms with Gasteiger partial charge < -0.3 is 25.2 Å². The first kappa shape index (κ1) is 53.4. The number of allylic oxidation sites excluding steroid dienone is 8. The minimum Gasteiger partial charge on any atom is -0.480 e. The fraction of sp³-hybridized carbons (Fsp3) is 0.750. The van der Waals surface area contributed by atoms with E-state index in [-0.39, 0.29) is 19.4 Å². The van der Waals surface area contributed by atoms with E-state index >= 15 is 0 Å². The second kappa shape index (κ2) is 39.3. The summed E-state index contributed by atoms with van der Waals surface area (Å²) in [5.74, 6) is -2.46. The van der Waals surface area contributed by atoms with Crippen LogP contribution >= 0.6 is 7.82 Å². The quantitative estimate of drug-likeness (QED) is 0.0233. The molecule has 0 bridgehead atoms. The van der Waals surface area contributed by atoms with Crippen molar-refractivity contribution in [2.45, 2.75) is 193 Å². The van der Waals surface area contributed by atoms with Gasteiger partial charge in [-0.15, -0.1) is 0 Å². The molecule has 0 fully saturated rings. The number of carboxylic acids is 1. The fourth-order valence-corrected chi connectivity index (χ4v) is 6.38. The van der Waals surface area contributed by atoms with Gasteiger partial charge in [0.15, 0.2) is 6.10 Å². The molecule has 1 unspecified atom stereocenters. The molecule has 0 aromatic heterocycles. The summed E-state index contributed by atoms with van der Waals surface area (Å²) in [5.41, 5.74) is 5.33. The van der Waals surface area contributed by atoms with Crippen LogP contribution < -0.4 is 5.73 Å². The second-order valence-electron chi connectivity index (χ2n) is 14.5. The van der Waals surface area contributed by atoms with Crippen molar-refractivity contribution in [1.82, 2.24) is 0 Å². The molecule has 0 saturated heterocycles. The molecule has 0 radical (unpaired) electrons. The average Bonchev–Trinajstić information content (AvgIpc) is 3.17. The van der Waals surface area contributed by atoms with Crippen LogP contribution in [0.3, 0.4) is 0 Å². The van der Waals surface area contributed by atoms with Gasteiger partial charge in [0.2, 0.25) is 0 Å². The highest BCUT2D eigenvalue weighted by Crippen LogP contribution is 2.43. The molecule has 0 aliphatic carbocycles. The van der Waals surface area contributed by atoms with E-state index < -0.39 is 51.1 Å². The summed E-state index contributed by atoms with van der Waals surface area (Å²) in [6.45, 7) is 2.73. The lowest BCUT2D eigenvalue weighted by Crippen LogP contribution is -2.34. The van der Waals surface area contributed by atoms with Gasteiger partial charge in [-0.1, -0.05) is 146 Å². The minimum absolute atomic E-state index is 0.140. The molecular weight excluding hydrogens is 733 g/mol. The van der Waals surface area contributed by atoms with Crippen molar-refractivity contribution >= 4 is 25.7 Å². The Balaban J connectivity index is 4.47. The smallest absolute Gasteiger partial charge is 0.472 e. The summed E-state index contributed by atoms with van der Waals surface area (Å²) < 4.78 is 32.6. The number of phosphoric acid groups is 1. The summed E-state index contributed by atoms with van der Waals surface area (Å²) in [6.07, 6.45) is 43.2. The maximum Gasteiger partial charge on any atom is 0.472 e. The Morgan fingerprint density at radius 2 is 0.964 bits per heavy atom. The molecule has 3 atom stereocenters. The molecule has 4 N–H and O–H groups in total. The molecule has 12 heteroatoms. The zero-order chi connectivity index (χ0) is 41.4. The number of aliphatic carboxylic acids is 1. The Hall–Kier alpha value is -2.56. The van der Waals surface area contributed by atoms with E-state index in [4.69, 9.17) is 24.8 Å². The van der Waals surface area contributed by atoms with Crippen molar-refractivity contribution in [2.24, 2.45) is 5.73 Å². The van der Waals surface area contributed by atoms with E-state index in [1.807, 2.05) is 6.08 Å². The Bertz CT molecular complexity index is 1140. The van der Waals surface area contributed by atoms with E-state index in [2.05, 4.69) is 60.9 Å². The van der Waals surface area contributed by atoms with Crippen LogP contribution in [0.25, 0.3) is 0 Å². The number of hydrogen-bond acceptors (Lipinski definition) is 9. The van der Waals surface area contributed by atoms with Gasteiger partial charge in [-0.05, 0) is 70.6 Å². The first-order valence-corrected chi connectivity index (χ1v) is 23.2. The predicted molar refractivity (Wildman–Crippen MR) is 226 cm³/mol. The fourth-order valence-electron chi connectivity index (χ4n) is 5.60. The zero-order valence-corrected chi connectivity index (χ0v) is 35.9. The van der Waals surface area contributed by atoms with Crippen LogP contribution in [-0.4, -0.2) is 59.9 Å². The van der Waals surface area contributed by atoms with E-state index in [0.717, 1.165) is 57.8 Å². The van der Waals surface area contributed by atoms with Crippen molar-refractivity contribution in [3.05, 3.63) is 48.6 Å². The number of ether oxygens (including phenoxy) is 2. The molecule has 0 spiro atoms. The van der Waals surface area contributed by atoms with Crippen molar-refractivity contribution in [1.29, 1.82) is 0 Å². The first-order chi connectivity index (χ1) is 27.1. The average molecular weight is 812 g/mol. The van der Waals surface area contributed by atoms with E-state index in [1.54, 1.807) is 0 Å². The molecule has 56 heavy (non-hydrogen) atoms. The standard InChI is InChI=1S/C44H78NO10P/c1-3-5-7-9-11-13-15-17-19-20-22-23-25-27-29-31-33-35-42(46)52-37-40(38-53-56(50,51)54-39-41(45)44(48)49)55-43(47)36-34-32-30-28-26-24-21-18-16-14-12-10-8-6-4-2/h17-19,21-23,27,29,40-41H,3-16,20,24-26,28,30-39,45H2,1-2H3,(H,48,49)(H,50,51)/b19-17+,21-18+,23-22+,29-27+/t40-,41+/m1/s1. The highest BCUT2D eigenvalue weighted by Gasteiger charge is 2.28. The Labute approximate surface area is 339 Å². The Morgan fingerprint density at radius 3 is 1.48 bits per heavy atom. The third-order valence-electron chi connectivity index (χ3n) is 9.05. The number of nitrogens with two attached hydrogens (primary N) is 1. The van der Waals surface area contributed by atoms with Crippen LogP contribution in [-0.2, 0) is 37.5 Å². The van der Waals surface area contributed by atoms with Gasteiger partial charge in [0.25, 0.3) is 0 Å². The van der Waals surface area contributed by atoms with Crippen molar-refractivity contribution < 1.29 is 47.5 Å². The highest BCUT2D eigenvalue weighted by molar-refractivity contribution is 7.47. The zero-order valence-electron chi connectivity index (χ0n) is 35.0. The van der Waals surface area contributed by atoms with Crippen LogP contribution in [0.5, 0.6) is 0 Å². The summed E-state index contributed by atoms with van der Waals surface area (Å²) in [4.78, 5) is 45.9. The lowest BCUT2D eigenvalue weighted by Gasteiger charge is -2.20. The molecule has 0 saturated carbocycles. The van der Waals surface area contributed by atoms with Gasteiger partial charge >= 0.3 is 25.7 Å². The van der Waals surface area contributed by atoms with E-state index in [9.17, 15) is 23.8 Å². The molecule has 11 nitrogen and oxygen atoms in total. The summed E-state index contributed by atoms with van der Waals surface area (Å²) in [7, 11) is -4.73. The number of carbonyl (C=O) groups is 3. The molecular formula is C44H78NO10P. The number of phosphoric ester groups is 1. The third kappa shape index (κ3) is 38.3. The maximum atomic E-state index is 12.6. The van der Waals surface area contributed by atoms with Gasteiger partial charge in [0.1, 0.15) is 12.6 Å². The number of carboxylic acid groups (broad SMARTS) is 1. The predicted octanol–water partition coefficient (Wildman–Crippen LogP) is 11.4. The van der Waals surface area contributed by atoms with Gasteiger partial charge in [-0.25, -0.2) is 4.57 Å². The molecule has 0 aliphatic rings. The van der Waals surface area contributed by atoms with Crippen LogP contribution in [0.2, 0.25) is 0 Å². The number of esters is 2. The second-order valence-corrected chi connectivity index (χ2v) is 15.9. The number of hydrogen-bond donors (Lipinski definition) is 3. The van der Waals surface area contributed by atoms with Gasteiger partial charge in [-0.3, -0.25) is 23.4 Å². The molecule has 0 aromatic rings. The lowest BCUT2D eigenvalue weighted by atomic mass is 10.1.